The van der Waals surface area contributed by atoms with E-state index in [0.717, 1.165) is 42.1 Å². The van der Waals surface area contributed by atoms with Gasteiger partial charge in [0.1, 0.15) is 5.60 Å². The summed E-state index contributed by atoms with van der Waals surface area (Å²) in [5.41, 5.74) is 2.31. The maximum absolute atomic E-state index is 12.5. The second kappa shape index (κ2) is 9.21. The molecule has 7 nitrogen and oxygen atoms in total. The van der Waals surface area contributed by atoms with Crippen LogP contribution in [0.25, 0.3) is 22.2 Å². The van der Waals surface area contributed by atoms with E-state index in [9.17, 15) is 4.79 Å². The molecule has 0 radical (unpaired) electrons. The van der Waals surface area contributed by atoms with Crippen molar-refractivity contribution in [3.05, 3.63) is 41.7 Å². The standard InChI is InChI=1S/C25H32ClN5O2/c1-25(2,3)33-24(32)31(5)17-9-6-8-16(14-17)28-23-27-15-20(26)22(29-23)19-10-7-11-21-18(19)12-13-30(21)4/h7,10-13,15-17H,6,8-9,14H2,1-5H3,(H,27,28,29). The number of benzene rings is 1. The van der Waals surface area contributed by atoms with Gasteiger partial charge in [-0.1, -0.05) is 23.7 Å². The number of nitrogens with zero attached hydrogens (tertiary/aromatic N) is 4. The summed E-state index contributed by atoms with van der Waals surface area (Å²) < 4.78 is 7.63. The molecule has 1 aromatic carbocycles. The van der Waals surface area contributed by atoms with Crippen LogP contribution in [-0.4, -0.2) is 50.3 Å². The lowest BCUT2D eigenvalue weighted by Crippen LogP contribution is -2.45. The van der Waals surface area contributed by atoms with E-state index in [-0.39, 0.29) is 18.2 Å². The highest BCUT2D eigenvalue weighted by atomic mass is 35.5. The third-order valence-corrected chi connectivity index (χ3v) is 6.41. The number of hydrogen-bond acceptors (Lipinski definition) is 5. The Morgan fingerprint density at radius 2 is 2.06 bits per heavy atom. The first kappa shape index (κ1) is 23.4. The van der Waals surface area contributed by atoms with E-state index in [0.29, 0.717) is 16.7 Å². The Hall–Kier alpha value is -2.80. The van der Waals surface area contributed by atoms with Crippen LogP contribution in [0.2, 0.25) is 5.02 Å². The Morgan fingerprint density at radius 3 is 2.82 bits per heavy atom. The van der Waals surface area contributed by atoms with Gasteiger partial charge >= 0.3 is 6.09 Å². The number of fused-ring (bicyclic) bond motifs is 1. The largest absolute Gasteiger partial charge is 0.444 e. The molecule has 2 heterocycles. The van der Waals surface area contributed by atoms with Gasteiger partial charge in [0.25, 0.3) is 0 Å². The van der Waals surface area contributed by atoms with E-state index < -0.39 is 5.60 Å². The Labute approximate surface area is 200 Å². The second-order valence-electron chi connectivity index (χ2n) is 9.81. The van der Waals surface area contributed by atoms with Crippen LogP contribution in [-0.2, 0) is 11.8 Å². The summed E-state index contributed by atoms with van der Waals surface area (Å²) in [6.07, 6.45) is 7.18. The van der Waals surface area contributed by atoms with Crippen molar-refractivity contribution in [3.8, 4) is 11.3 Å². The number of rotatable bonds is 4. The lowest BCUT2D eigenvalue weighted by Gasteiger charge is -2.36. The van der Waals surface area contributed by atoms with Gasteiger partial charge in [0.05, 0.1) is 16.9 Å². The molecular formula is C25H32ClN5O2. The van der Waals surface area contributed by atoms with Crippen LogP contribution in [0, 0.1) is 0 Å². The number of aryl methyl sites for hydroxylation is 1. The highest BCUT2D eigenvalue weighted by Gasteiger charge is 2.30. The topological polar surface area (TPSA) is 72.3 Å². The van der Waals surface area contributed by atoms with Gasteiger partial charge in [0.15, 0.2) is 0 Å². The zero-order chi connectivity index (χ0) is 23.8. The molecule has 33 heavy (non-hydrogen) atoms. The number of ether oxygens (including phenoxy) is 1. The zero-order valence-electron chi connectivity index (χ0n) is 19.9. The van der Waals surface area contributed by atoms with Crippen LogP contribution >= 0.6 is 11.6 Å². The zero-order valence-corrected chi connectivity index (χ0v) is 20.7. The van der Waals surface area contributed by atoms with Gasteiger partial charge in [0.2, 0.25) is 5.95 Å². The molecule has 2 unspecified atom stereocenters. The number of halogens is 1. The van der Waals surface area contributed by atoms with Crippen LogP contribution < -0.4 is 5.32 Å². The maximum Gasteiger partial charge on any atom is 0.410 e. The summed E-state index contributed by atoms with van der Waals surface area (Å²) in [5, 5.41) is 5.10. The summed E-state index contributed by atoms with van der Waals surface area (Å²) in [6, 6.07) is 8.48. The second-order valence-corrected chi connectivity index (χ2v) is 10.2. The minimum atomic E-state index is -0.507. The normalized spacial score (nSPS) is 18.8. The quantitative estimate of drug-likeness (QED) is 0.516. The Balaban J connectivity index is 1.51. The third kappa shape index (κ3) is 5.24. The van der Waals surface area contributed by atoms with Gasteiger partial charge < -0.3 is 19.5 Å². The molecule has 3 aromatic rings. The average molecular weight is 470 g/mol. The van der Waals surface area contributed by atoms with Crippen LogP contribution in [0.5, 0.6) is 0 Å². The molecule has 0 aliphatic heterocycles. The molecule has 1 N–H and O–H groups in total. The molecule has 1 aliphatic rings. The molecule has 0 spiro atoms. The Bertz CT molecular complexity index is 1150. The number of nitrogens with one attached hydrogen (secondary N) is 1. The number of carbonyl (C=O) groups is 1. The molecule has 8 heteroatoms. The van der Waals surface area contributed by atoms with Crippen molar-refractivity contribution < 1.29 is 9.53 Å². The number of carbonyl (C=O) groups excluding carboxylic acids is 1. The number of anilines is 1. The molecule has 1 aliphatic carbocycles. The van der Waals surface area contributed by atoms with Gasteiger partial charge in [-0.25, -0.2) is 14.8 Å². The fourth-order valence-electron chi connectivity index (χ4n) is 4.45. The van der Waals surface area contributed by atoms with Gasteiger partial charge in [-0.05, 0) is 58.6 Å². The number of aromatic nitrogens is 3. The van der Waals surface area contributed by atoms with E-state index in [1.807, 2.05) is 53.2 Å². The van der Waals surface area contributed by atoms with Crippen molar-refractivity contribution >= 4 is 34.5 Å². The first-order valence-electron chi connectivity index (χ1n) is 11.4. The molecule has 0 bridgehead atoms. The Kier molecular flexibility index (Phi) is 6.52. The summed E-state index contributed by atoms with van der Waals surface area (Å²) in [5.74, 6) is 0.549. The smallest absolute Gasteiger partial charge is 0.410 e. The third-order valence-electron chi connectivity index (χ3n) is 6.14. The van der Waals surface area contributed by atoms with Gasteiger partial charge in [0, 0.05) is 48.8 Å². The molecule has 4 rings (SSSR count). The van der Waals surface area contributed by atoms with Crippen LogP contribution in [0.4, 0.5) is 10.7 Å². The van der Waals surface area contributed by atoms with E-state index in [2.05, 4.69) is 27.0 Å². The van der Waals surface area contributed by atoms with E-state index in [4.69, 9.17) is 21.3 Å². The SMILES string of the molecule is CN(C(=O)OC(C)(C)C)C1CCCC(Nc2ncc(Cl)c(-c3cccc4c3ccn4C)n2)C1. The van der Waals surface area contributed by atoms with Crippen molar-refractivity contribution in [1.29, 1.82) is 0 Å². The summed E-state index contributed by atoms with van der Waals surface area (Å²) in [7, 11) is 3.84. The lowest BCUT2D eigenvalue weighted by molar-refractivity contribution is 0.0184. The summed E-state index contributed by atoms with van der Waals surface area (Å²) >= 11 is 6.52. The molecule has 1 fully saturated rings. The van der Waals surface area contributed by atoms with Crippen molar-refractivity contribution in [2.45, 2.75) is 64.1 Å². The predicted molar refractivity (Wildman–Crippen MR) is 133 cm³/mol. The molecule has 2 atom stereocenters. The molecule has 1 saturated carbocycles. The first-order chi connectivity index (χ1) is 15.6. The fraction of sp³-hybridized carbons (Fsp3) is 0.480. The van der Waals surface area contributed by atoms with Gasteiger partial charge in [-0.3, -0.25) is 0 Å². The van der Waals surface area contributed by atoms with Crippen molar-refractivity contribution in [3.63, 3.8) is 0 Å². The van der Waals surface area contributed by atoms with Gasteiger partial charge in [-0.15, -0.1) is 0 Å². The molecule has 1 amide bonds. The van der Waals surface area contributed by atoms with E-state index >= 15 is 0 Å². The monoisotopic (exact) mass is 469 g/mol. The van der Waals surface area contributed by atoms with Crippen molar-refractivity contribution in [2.24, 2.45) is 7.05 Å². The van der Waals surface area contributed by atoms with Crippen molar-refractivity contribution in [2.75, 3.05) is 12.4 Å². The highest BCUT2D eigenvalue weighted by molar-refractivity contribution is 6.33. The molecule has 176 valence electrons. The lowest BCUT2D eigenvalue weighted by atomic mass is 9.90. The van der Waals surface area contributed by atoms with Crippen molar-refractivity contribution in [1.82, 2.24) is 19.4 Å². The highest BCUT2D eigenvalue weighted by Crippen LogP contribution is 2.33. The van der Waals surface area contributed by atoms with E-state index in [1.54, 1.807) is 11.1 Å². The predicted octanol–water partition coefficient (Wildman–Crippen LogP) is 5.88. The minimum absolute atomic E-state index is 0.107. The van der Waals surface area contributed by atoms with E-state index in [1.165, 1.54) is 0 Å². The molecule has 2 aromatic heterocycles. The van der Waals surface area contributed by atoms with Crippen LogP contribution in [0.1, 0.15) is 46.5 Å². The summed E-state index contributed by atoms with van der Waals surface area (Å²) in [6.45, 7) is 5.65. The number of amides is 1. The minimum Gasteiger partial charge on any atom is -0.444 e. The Morgan fingerprint density at radius 1 is 1.27 bits per heavy atom. The number of hydrogen-bond donors (Lipinski definition) is 1. The first-order valence-corrected chi connectivity index (χ1v) is 11.8. The average Bonchev–Trinajstić information content (AvgIpc) is 3.15. The molecular weight excluding hydrogens is 438 g/mol. The fourth-order valence-corrected chi connectivity index (χ4v) is 4.64. The van der Waals surface area contributed by atoms with Crippen LogP contribution in [0.3, 0.4) is 0 Å². The van der Waals surface area contributed by atoms with Crippen LogP contribution in [0.15, 0.2) is 36.7 Å². The summed E-state index contributed by atoms with van der Waals surface area (Å²) in [4.78, 5) is 23.5. The maximum atomic E-state index is 12.5. The van der Waals surface area contributed by atoms with Gasteiger partial charge in [-0.2, -0.15) is 0 Å². The molecule has 0 saturated heterocycles.